The van der Waals surface area contributed by atoms with Crippen molar-refractivity contribution in [3.63, 3.8) is 0 Å². The number of hydrogen-bond acceptors (Lipinski definition) is 5. The molecule has 1 aromatic carbocycles. The minimum absolute atomic E-state index is 0.0188. The van der Waals surface area contributed by atoms with Gasteiger partial charge in [-0.3, -0.25) is 24.0 Å². The fourth-order valence-corrected chi connectivity index (χ4v) is 3.44. The largest absolute Gasteiger partial charge is 0.471 e. The van der Waals surface area contributed by atoms with Crippen LogP contribution < -0.4 is 21.3 Å². The second kappa shape index (κ2) is 9.77. The summed E-state index contributed by atoms with van der Waals surface area (Å²) in [6.07, 6.45) is -3.58. The first-order chi connectivity index (χ1) is 15.5. The van der Waals surface area contributed by atoms with Gasteiger partial charge in [-0.05, 0) is 43.9 Å². The molecule has 1 aliphatic carbocycles. The average Bonchev–Trinajstić information content (AvgIpc) is 3.47. The lowest BCUT2D eigenvalue weighted by Crippen LogP contribution is -2.49. The van der Waals surface area contributed by atoms with Crippen LogP contribution in [0.2, 0.25) is 5.02 Å². The van der Waals surface area contributed by atoms with Crippen molar-refractivity contribution in [2.24, 2.45) is 5.92 Å². The molecule has 1 saturated carbocycles. The summed E-state index contributed by atoms with van der Waals surface area (Å²) in [6, 6.07) is 1.62. The summed E-state index contributed by atoms with van der Waals surface area (Å²) in [6.45, 7) is 0.370. The Morgan fingerprint density at radius 1 is 1.15 bits per heavy atom. The lowest BCUT2D eigenvalue weighted by atomic mass is 9.95. The maximum absolute atomic E-state index is 12.9. The summed E-state index contributed by atoms with van der Waals surface area (Å²) in [5, 5.41) is 8.97. The maximum Gasteiger partial charge on any atom is 0.471 e. The van der Waals surface area contributed by atoms with Gasteiger partial charge in [0.05, 0.1) is 17.3 Å². The van der Waals surface area contributed by atoms with E-state index in [-0.39, 0.29) is 23.4 Å². The number of rotatable bonds is 8. The van der Waals surface area contributed by atoms with Crippen LogP contribution in [-0.2, 0) is 19.2 Å². The van der Waals surface area contributed by atoms with E-state index in [2.05, 4.69) is 16.0 Å². The van der Waals surface area contributed by atoms with Crippen LogP contribution in [0.15, 0.2) is 18.2 Å². The highest BCUT2D eigenvalue weighted by atomic mass is 35.5. The van der Waals surface area contributed by atoms with Gasteiger partial charge in [0.1, 0.15) is 0 Å². The van der Waals surface area contributed by atoms with E-state index < -0.39 is 52.9 Å². The molecular weight excluding hydrogens is 469 g/mol. The van der Waals surface area contributed by atoms with Gasteiger partial charge in [0, 0.05) is 23.5 Å². The van der Waals surface area contributed by atoms with E-state index in [0.717, 1.165) is 12.1 Å². The van der Waals surface area contributed by atoms with E-state index in [1.807, 2.05) is 0 Å². The van der Waals surface area contributed by atoms with Crippen molar-refractivity contribution >= 4 is 46.7 Å². The van der Waals surface area contributed by atoms with Gasteiger partial charge in [0.15, 0.2) is 0 Å². The maximum atomic E-state index is 12.9. The van der Waals surface area contributed by atoms with Crippen LogP contribution in [0.5, 0.6) is 0 Å². The van der Waals surface area contributed by atoms with Gasteiger partial charge in [-0.1, -0.05) is 11.6 Å². The van der Waals surface area contributed by atoms with Crippen LogP contribution in [0.3, 0.4) is 0 Å². The first-order valence-electron chi connectivity index (χ1n) is 10.1. The molecule has 0 unspecified atom stereocenters. The molecule has 0 radical (unpaired) electrons. The van der Waals surface area contributed by atoms with Crippen LogP contribution in [0.25, 0.3) is 0 Å². The third-order valence-electron chi connectivity index (χ3n) is 5.17. The summed E-state index contributed by atoms with van der Waals surface area (Å²) < 4.78 is 38.0. The molecule has 3 rings (SSSR count). The third kappa shape index (κ3) is 6.44. The molecule has 1 aromatic rings. The monoisotopic (exact) mass is 488 g/mol. The fourth-order valence-electron chi connectivity index (χ4n) is 3.27. The SMILES string of the molecule is O=C(NC1CC1)C(=O)[C@H](C[C@@H]1CCNC1=O)NC(=O)c1cc(Cl)ccc1NC(=O)C(F)(F)F. The molecule has 2 aliphatic rings. The Labute approximate surface area is 190 Å². The van der Waals surface area contributed by atoms with Crippen molar-refractivity contribution in [2.75, 3.05) is 11.9 Å². The van der Waals surface area contributed by atoms with Crippen LogP contribution in [-0.4, -0.2) is 54.2 Å². The van der Waals surface area contributed by atoms with Crippen LogP contribution in [0.1, 0.15) is 36.0 Å². The zero-order valence-electron chi connectivity index (χ0n) is 17.1. The van der Waals surface area contributed by atoms with E-state index in [1.165, 1.54) is 6.07 Å². The minimum Gasteiger partial charge on any atom is -0.356 e. The molecule has 2 atom stereocenters. The lowest BCUT2D eigenvalue weighted by molar-refractivity contribution is -0.167. The Kier molecular flexibility index (Phi) is 7.25. The minimum atomic E-state index is -5.21. The molecular formula is C20H20ClF3N4O5. The molecule has 1 saturated heterocycles. The smallest absolute Gasteiger partial charge is 0.356 e. The number of nitrogens with one attached hydrogen (secondary N) is 4. The Morgan fingerprint density at radius 3 is 2.42 bits per heavy atom. The number of carbonyl (C=O) groups excluding carboxylic acids is 5. The zero-order valence-corrected chi connectivity index (χ0v) is 17.8. The van der Waals surface area contributed by atoms with Crippen molar-refractivity contribution in [3.8, 4) is 0 Å². The lowest BCUT2D eigenvalue weighted by Gasteiger charge is -2.21. The first-order valence-corrected chi connectivity index (χ1v) is 10.4. The average molecular weight is 489 g/mol. The highest BCUT2D eigenvalue weighted by Crippen LogP contribution is 2.25. The summed E-state index contributed by atoms with van der Waals surface area (Å²) in [5.41, 5.74) is -0.942. The molecule has 1 aliphatic heterocycles. The van der Waals surface area contributed by atoms with Crippen LogP contribution >= 0.6 is 11.6 Å². The van der Waals surface area contributed by atoms with Crippen molar-refractivity contribution in [1.29, 1.82) is 0 Å². The number of alkyl halides is 3. The molecule has 13 heteroatoms. The number of Topliss-reactive ketones (excluding diaryl/α,β-unsaturated/α-hetero) is 1. The summed E-state index contributed by atoms with van der Waals surface area (Å²) in [5.74, 6) is -6.26. The molecule has 0 spiro atoms. The van der Waals surface area contributed by atoms with Crippen molar-refractivity contribution < 1.29 is 37.1 Å². The standard InChI is InChI=1S/C20H20ClF3N4O5/c21-10-1-4-13(28-19(33)20(22,23)24)12(8-10)17(31)27-14(7-9-5-6-25-16(9)30)15(29)18(32)26-11-2-3-11/h1,4,8-9,11,14H,2-3,5-7H2,(H,25,30)(H,26,32)(H,27,31)(H,28,33)/t9-,14-/m0/s1. The Bertz CT molecular complexity index is 996. The Hall–Kier alpha value is -3.15. The van der Waals surface area contributed by atoms with Gasteiger partial charge >= 0.3 is 12.1 Å². The fraction of sp³-hybridized carbons (Fsp3) is 0.450. The number of carbonyl (C=O) groups is 5. The van der Waals surface area contributed by atoms with E-state index in [1.54, 1.807) is 5.32 Å². The highest BCUT2D eigenvalue weighted by molar-refractivity contribution is 6.38. The predicted octanol–water partition coefficient (Wildman–Crippen LogP) is 1.31. The number of amides is 4. The molecule has 9 nitrogen and oxygen atoms in total. The van der Waals surface area contributed by atoms with Gasteiger partial charge in [0.2, 0.25) is 11.7 Å². The summed E-state index contributed by atoms with van der Waals surface area (Å²) >= 11 is 5.86. The Morgan fingerprint density at radius 2 is 1.85 bits per heavy atom. The van der Waals surface area contributed by atoms with E-state index in [0.29, 0.717) is 25.8 Å². The number of benzene rings is 1. The second-order valence-corrected chi connectivity index (χ2v) is 8.23. The van der Waals surface area contributed by atoms with Crippen molar-refractivity contribution in [2.45, 2.75) is 43.9 Å². The van der Waals surface area contributed by atoms with Gasteiger partial charge in [0.25, 0.3) is 11.8 Å². The topological polar surface area (TPSA) is 133 Å². The molecule has 4 N–H and O–H groups in total. The van der Waals surface area contributed by atoms with Crippen molar-refractivity contribution in [1.82, 2.24) is 16.0 Å². The summed E-state index contributed by atoms with van der Waals surface area (Å²) in [7, 11) is 0. The first kappa shape index (κ1) is 24.5. The second-order valence-electron chi connectivity index (χ2n) is 7.79. The molecule has 4 amide bonds. The van der Waals surface area contributed by atoms with Crippen LogP contribution in [0, 0.1) is 5.92 Å². The van der Waals surface area contributed by atoms with E-state index >= 15 is 0 Å². The molecule has 0 bridgehead atoms. The molecule has 0 aromatic heterocycles. The third-order valence-corrected chi connectivity index (χ3v) is 5.41. The number of hydrogen-bond donors (Lipinski definition) is 4. The zero-order chi connectivity index (χ0) is 24.3. The molecule has 33 heavy (non-hydrogen) atoms. The van der Waals surface area contributed by atoms with Gasteiger partial charge < -0.3 is 21.3 Å². The number of halogens is 4. The quantitative estimate of drug-likeness (QED) is 0.409. The van der Waals surface area contributed by atoms with E-state index in [4.69, 9.17) is 11.6 Å². The normalized spacial score (nSPS) is 18.8. The predicted molar refractivity (Wildman–Crippen MR) is 109 cm³/mol. The molecule has 2 fully saturated rings. The van der Waals surface area contributed by atoms with Gasteiger partial charge in [-0.15, -0.1) is 0 Å². The number of anilines is 1. The van der Waals surface area contributed by atoms with Crippen LogP contribution in [0.4, 0.5) is 18.9 Å². The van der Waals surface area contributed by atoms with Gasteiger partial charge in [-0.25, -0.2) is 0 Å². The molecule has 1 heterocycles. The number of ketones is 1. The van der Waals surface area contributed by atoms with Crippen molar-refractivity contribution in [3.05, 3.63) is 28.8 Å². The Balaban J connectivity index is 1.82. The van der Waals surface area contributed by atoms with Gasteiger partial charge in [-0.2, -0.15) is 13.2 Å². The van der Waals surface area contributed by atoms with E-state index in [9.17, 15) is 37.1 Å². The molecule has 178 valence electrons. The summed E-state index contributed by atoms with van der Waals surface area (Å²) in [4.78, 5) is 61.2. The highest BCUT2D eigenvalue weighted by Gasteiger charge is 2.40.